The maximum Gasteiger partial charge on any atom is 0.257 e. The van der Waals surface area contributed by atoms with E-state index in [4.69, 9.17) is 5.11 Å². The van der Waals surface area contributed by atoms with E-state index in [0.29, 0.717) is 5.56 Å². The monoisotopic (exact) mass is 279 g/mol. The lowest BCUT2D eigenvalue weighted by atomic mass is 10.0. The summed E-state index contributed by atoms with van der Waals surface area (Å²) >= 11 is 0. The van der Waals surface area contributed by atoms with Gasteiger partial charge in [-0.15, -0.1) is 0 Å². The second-order valence-electron chi connectivity index (χ2n) is 4.99. The fraction of sp³-hybridized carbons (Fsp3) is 0.400. The van der Waals surface area contributed by atoms with Crippen LogP contribution in [0.2, 0.25) is 0 Å². The molecule has 0 fully saturated rings. The summed E-state index contributed by atoms with van der Waals surface area (Å²) < 4.78 is 13.8. The van der Waals surface area contributed by atoms with E-state index in [1.165, 1.54) is 24.1 Å². The smallest absolute Gasteiger partial charge is 0.257 e. The molecule has 0 atom stereocenters. The molecule has 0 spiro atoms. The highest BCUT2D eigenvalue weighted by Gasteiger charge is 2.29. The number of amides is 1. The van der Waals surface area contributed by atoms with E-state index < -0.39 is 17.3 Å². The summed E-state index contributed by atoms with van der Waals surface area (Å²) in [5.74, 6) is 3.88. The van der Waals surface area contributed by atoms with Crippen LogP contribution in [0.15, 0.2) is 18.2 Å². The average molecular weight is 279 g/mol. The van der Waals surface area contributed by atoms with E-state index in [0.717, 1.165) is 6.07 Å². The maximum absolute atomic E-state index is 13.8. The summed E-state index contributed by atoms with van der Waals surface area (Å²) in [6.45, 7) is 2.81. The molecule has 0 saturated heterocycles. The van der Waals surface area contributed by atoms with Crippen molar-refractivity contribution in [2.45, 2.75) is 19.4 Å². The Morgan fingerprint density at radius 2 is 2.05 bits per heavy atom. The number of halogens is 1. The number of nitrogens with zero attached hydrogens (tertiary/aromatic N) is 1. The zero-order valence-electron chi connectivity index (χ0n) is 11.8. The Morgan fingerprint density at radius 1 is 1.40 bits per heavy atom. The van der Waals surface area contributed by atoms with Crippen LogP contribution < -0.4 is 0 Å². The predicted molar refractivity (Wildman–Crippen MR) is 73.6 cm³/mol. The Hall–Kier alpha value is -1.90. The van der Waals surface area contributed by atoms with E-state index in [-0.39, 0.29) is 18.8 Å². The number of rotatable bonds is 3. The zero-order valence-corrected chi connectivity index (χ0v) is 11.8. The fourth-order valence-electron chi connectivity index (χ4n) is 1.47. The van der Waals surface area contributed by atoms with Crippen LogP contribution in [0.5, 0.6) is 0 Å². The second kappa shape index (κ2) is 6.51. The molecule has 0 saturated carbocycles. The first-order chi connectivity index (χ1) is 9.33. The van der Waals surface area contributed by atoms with Gasteiger partial charge >= 0.3 is 0 Å². The molecule has 0 aliphatic carbocycles. The average Bonchev–Trinajstić information content (AvgIpc) is 2.44. The van der Waals surface area contributed by atoms with E-state index in [2.05, 4.69) is 11.8 Å². The number of carbonyl (C=O) groups is 1. The highest BCUT2D eigenvalue weighted by atomic mass is 19.1. The van der Waals surface area contributed by atoms with Crippen molar-refractivity contribution in [1.82, 2.24) is 4.90 Å². The van der Waals surface area contributed by atoms with Crippen LogP contribution in [0.25, 0.3) is 0 Å². The highest BCUT2D eigenvalue weighted by Crippen LogP contribution is 2.18. The molecule has 0 bridgehead atoms. The Labute approximate surface area is 117 Å². The van der Waals surface area contributed by atoms with Crippen molar-refractivity contribution in [3.8, 4) is 11.8 Å². The molecule has 1 aromatic rings. The van der Waals surface area contributed by atoms with Gasteiger partial charge in [0.15, 0.2) is 0 Å². The van der Waals surface area contributed by atoms with Crippen molar-refractivity contribution in [2.75, 3.05) is 20.3 Å². The van der Waals surface area contributed by atoms with Crippen LogP contribution in [-0.2, 0) is 0 Å². The molecule has 1 aromatic carbocycles. The van der Waals surface area contributed by atoms with Crippen molar-refractivity contribution in [1.29, 1.82) is 0 Å². The van der Waals surface area contributed by atoms with Gasteiger partial charge in [0.25, 0.3) is 5.91 Å². The van der Waals surface area contributed by atoms with Gasteiger partial charge in [0.1, 0.15) is 12.4 Å². The third-order valence-electron chi connectivity index (χ3n) is 3.11. The Morgan fingerprint density at radius 3 is 2.60 bits per heavy atom. The minimum absolute atomic E-state index is 0.112. The molecular weight excluding hydrogens is 261 g/mol. The van der Waals surface area contributed by atoms with Gasteiger partial charge in [-0.3, -0.25) is 4.79 Å². The molecule has 0 aromatic heterocycles. The second-order valence-corrected chi connectivity index (χ2v) is 4.99. The number of carbonyl (C=O) groups excluding carboxylic acids is 1. The number of hydrogen-bond acceptors (Lipinski definition) is 3. The van der Waals surface area contributed by atoms with Gasteiger partial charge in [-0.1, -0.05) is 11.8 Å². The summed E-state index contributed by atoms with van der Waals surface area (Å²) in [6, 6.07) is 3.94. The van der Waals surface area contributed by atoms with Crippen LogP contribution in [0.3, 0.4) is 0 Å². The zero-order chi connectivity index (χ0) is 15.3. The van der Waals surface area contributed by atoms with Crippen molar-refractivity contribution in [2.24, 2.45) is 0 Å². The molecule has 0 radical (unpaired) electrons. The molecule has 0 aliphatic rings. The molecule has 0 unspecified atom stereocenters. The molecule has 0 aliphatic heterocycles. The molecule has 2 N–H and O–H groups in total. The molecule has 0 heterocycles. The lowest BCUT2D eigenvalue weighted by Gasteiger charge is -2.34. The lowest BCUT2D eigenvalue weighted by Crippen LogP contribution is -2.47. The molecule has 108 valence electrons. The first-order valence-electron chi connectivity index (χ1n) is 6.12. The molecule has 1 amide bonds. The van der Waals surface area contributed by atoms with Gasteiger partial charge < -0.3 is 15.1 Å². The summed E-state index contributed by atoms with van der Waals surface area (Å²) in [4.78, 5) is 13.6. The Kier molecular flexibility index (Phi) is 5.26. The van der Waals surface area contributed by atoms with Gasteiger partial charge in [0.05, 0.1) is 17.7 Å². The summed E-state index contributed by atoms with van der Waals surface area (Å²) in [5, 5.41) is 17.9. The standard InChI is InChI=1S/C15H18FNO3/c1-15(2,10-19)17(3)14(20)12-9-11(5-4-8-18)6-7-13(12)16/h6-7,9,18-19H,8,10H2,1-3H3. The minimum atomic E-state index is -0.795. The van der Waals surface area contributed by atoms with Crippen LogP contribution in [0, 0.1) is 17.7 Å². The van der Waals surface area contributed by atoms with Gasteiger partial charge in [0, 0.05) is 12.6 Å². The number of aliphatic hydroxyl groups excluding tert-OH is 2. The fourth-order valence-corrected chi connectivity index (χ4v) is 1.47. The molecule has 4 nitrogen and oxygen atoms in total. The lowest BCUT2D eigenvalue weighted by molar-refractivity contribution is 0.0469. The van der Waals surface area contributed by atoms with Crippen molar-refractivity contribution in [3.63, 3.8) is 0 Å². The Balaban J connectivity index is 3.15. The maximum atomic E-state index is 13.8. The topological polar surface area (TPSA) is 60.8 Å². The van der Waals surface area contributed by atoms with Gasteiger partial charge in [-0.25, -0.2) is 4.39 Å². The summed E-state index contributed by atoms with van der Waals surface area (Å²) in [5.41, 5.74) is -0.464. The molecular formula is C15H18FNO3. The predicted octanol–water partition coefficient (Wildman–Crippen LogP) is 1.01. The third kappa shape index (κ3) is 3.56. The van der Waals surface area contributed by atoms with E-state index in [1.807, 2.05) is 0 Å². The number of likely N-dealkylation sites (N-methyl/N-ethyl adjacent to an activating group) is 1. The van der Waals surface area contributed by atoms with Crippen molar-refractivity contribution in [3.05, 3.63) is 35.1 Å². The summed E-state index contributed by atoms with van der Waals surface area (Å²) in [7, 11) is 1.50. The first-order valence-corrected chi connectivity index (χ1v) is 6.12. The number of benzene rings is 1. The number of aliphatic hydroxyl groups is 2. The van der Waals surface area contributed by atoms with Crippen molar-refractivity contribution >= 4 is 5.91 Å². The van der Waals surface area contributed by atoms with Gasteiger partial charge in [-0.05, 0) is 32.0 Å². The Bertz CT molecular complexity index is 558. The van der Waals surface area contributed by atoms with Crippen LogP contribution in [0.4, 0.5) is 4.39 Å². The normalized spacial score (nSPS) is 10.7. The highest BCUT2D eigenvalue weighted by molar-refractivity contribution is 5.95. The van der Waals surface area contributed by atoms with E-state index in [9.17, 15) is 14.3 Å². The van der Waals surface area contributed by atoms with Crippen LogP contribution in [-0.4, -0.2) is 46.8 Å². The molecule has 20 heavy (non-hydrogen) atoms. The van der Waals surface area contributed by atoms with E-state index >= 15 is 0 Å². The van der Waals surface area contributed by atoms with Gasteiger partial charge in [-0.2, -0.15) is 0 Å². The quantitative estimate of drug-likeness (QED) is 0.812. The SMILES string of the molecule is CN(C(=O)c1cc(C#CCO)ccc1F)C(C)(C)CO. The largest absolute Gasteiger partial charge is 0.394 e. The molecule has 1 rings (SSSR count). The minimum Gasteiger partial charge on any atom is -0.394 e. The summed E-state index contributed by atoms with van der Waals surface area (Å²) in [6.07, 6.45) is 0. The molecule has 5 heteroatoms. The van der Waals surface area contributed by atoms with Crippen LogP contribution in [0.1, 0.15) is 29.8 Å². The van der Waals surface area contributed by atoms with Crippen molar-refractivity contribution < 1.29 is 19.4 Å². The number of hydrogen-bond donors (Lipinski definition) is 2. The van der Waals surface area contributed by atoms with Gasteiger partial charge in [0.2, 0.25) is 0 Å². The first kappa shape index (κ1) is 16.2. The van der Waals surface area contributed by atoms with E-state index in [1.54, 1.807) is 13.8 Å². The van der Waals surface area contributed by atoms with Crippen LogP contribution >= 0.6 is 0 Å². The third-order valence-corrected chi connectivity index (χ3v) is 3.11.